The molecule has 0 fully saturated rings. The van der Waals surface area contributed by atoms with E-state index >= 15 is 0 Å². The molecule has 0 heterocycles. The summed E-state index contributed by atoms with van der Waals surface area (Å²) >= 11 is 0. The summed E-state index contributed by atoms with van der Waals surface area (Å²) in [5.41, 5.74) is 7.25. The van der Waals surface area contributed by atoms with Crippen molar-refractivity contribution < 1.29 is 4.39 Å². The van der Waals surface area contributed by atoms with Gasteiger partial charge in [-0.05, 0) is 32.1 Å². The van der Waals surface area contributed by atoms with Crippen molar-refractivity contribution in [2.75, 3.05) is 20.6 Å². The minimum absolute atomic E-state index is 0.191. The molecule has 0 bridgehead atoms. The number of hydrogen-bond donors (Lipinski definition) is 2. The van der Waals surface area contributed by atoms with Crippen LogP contribution in [0, 0.1) is 5.82 Å². The van der Waals surface area contributed by atoms with Crippen molar-refractivity contribution in [3.63, 3.8) is 0 Å². The first kappa shape index (κ1) is 16.4. The van der Waals surface area contributed by atoms with Gasteiger partial charge in [0.1, 0.15) is 5.82 Å². The van der Waals surface area contributed by atoms with Crippen molar-refractivity contribution >= 4 is 5.96 Å². The molecule has 0 saturated heterocycles. The summed E-state index contributed by atoms with van der Waals surface area (Å²) in [5.74, 6) is 0.222. The zero-order chi connectivity index (χ0) is 15.0. The number of aliphatic imine (C=N–C) groups is 1. The minimum Gasteiger partial charge on any atom is -0.370 e. The van der Waals surface area contributed by atoms with Crippen LogP contribution in [0.3, 0.4) is 0 Å². The summed E-state index contributed by atoms with van der Waals surface area (Å²) < 4.78 is 13.9. The Hall–Kier alpha value is -1.62. The molecule has 0 aliphatic heterocycles. The highest BCUT2D eigenvalue weighted by atomic mass is 19.1. The number of guanidine groups is 1. The predicted octanol–water partition coefficient (Wildman–Crippen LogP) is 2.09. The van der Waals surface area contributed by atoms with Gasteiger partial charge in [-0.25, -0.2) is 9.38 Å². The van der Waals surface area contributed by atoms with Crippen LogP contribution < -0.4 is 11.1 Å². The highest BCUT2D eigenvalue weighted by Crippen LogP contribution is 2.12. The third-order valence-corrected chi connectivity index (χ3v) is 2.87. The Balaban J connectivity index is 2.56. The Kier molecular flexibility index (Phi) is 7.01. The molecule has 0 aromatic heterocycles. The summed E-state index contributed by atoms with van der Waals surface area (Å²) in [5, 5.41) is 3.03. The van der Waals surface area contributed by atoms with Crippen molar-refractivity contribution in [1.29, 1.82) is 0 Å². The van der Waals surface area contributed by atoms with E-state index in [1.807, 2.05) is 25.1 Å². The molecule has 0 saturated carbocycles. The molecular formula is C15H25FN4. The van der Waals surface area contributed by atoms with E-state index in [1.165, 1.54) is 6.07 Å². The van der Waals surface area contributed by atoms with E-state index in [1.54, 1.807) is 6.07 Å². The Labute approximate surface area is 120 Å². The largest absolute Gasteiger partial charge is 0.370 e. The smallest absolute Gasteiger partial charge is 0.188 e. The van der Waals surface area contributed by atoms with Crippen LogP contribution in [0.25, 0.3) is 0 Å². The first-order valence-electron chi connectivity index (χ1n) is 6.98. The quantitative estimate of drug-likeness (QED) is 0.457. The van der Waals surface area contributed by atoms with Gasteiger partial charge in [0.25, 0.3) is 0 Å². The van der Waals surface area contributed by atoms with E-state index in [9.17, 15) is 4.39 Å². The lowest BCUT2D eigenvalue weighted by molar-refractivity contribution is 0.392. The number of unbranched alkanes of at least 4 members (excludes halogenated alkanes) is 1. The van der Waals surface area contributed by atoms with Crippen LogP contribution in [0.15, 0.2) is 23.2 Å². The molecule has 1 rings (SSSR count). The second-order valence-electron chi connectivity index (χ2n) is 5.15. The van der Waals surface area contributed by atoms with Crippen molar-refractivity contribution in [3.8, 4) is 0 Å². The van der Waals surface area contributed by atoms with Crippen molar-refractivity contribution in [2.45, 2.75) is 32.9 Å². The van der Waals surface area contributed by atoms with E-state index in [0.29, 0.717) is 24.6 Å². The lowest BCUT2D eigenvalue weighted by Crippen LogP contribution is -2.32. The summed E-state index contributed by atoms with van der Waals surface area (Å²) in [6, 6.07) is 5.23. The molecule has 0 radical (unpaired) electrons. The molecule has 1 aromatic rings. The van der Waals surface area contributed by atoms with Crippen LogP contribution in [0.2, 0.25) is 0 Å². The average Bonchev–Trinajstić information content (AvgIpc) is 2.39. The third kappa shape index (κ3) is 6.02. The minimum atomic E-state index is -0.191. The molecule has 5 heteroatoms. The van der Waals surface area contributed by atoms with E-state index < -0.39 is 0 Å². The monoisotopic (exact) mass is 280 g/mol. The van der Waals surface area contributed by atoms with E-state index in [2.05, 4.69) is 17.2 Å². The zero-order valence-corrected chi connectivity index (χ0v) is 12.6. The second-order valence-corrected chi connectivity index (χ2v) is 5.15. The van der Waals surface area contributed by atoms with Crippen LogP contribution in [0.4, 0.5) is 4.39 Å². The second kappa shape index (κ2) is 8.53. The fourth-order valence-corrected chi connectivity index (χ4v) is 1.78. The number of benzene rings is 1. The van der Waals surface area contributed by atoms with E-state index in [0.717, 1.165) is 24.9 Å². The summed E-state index contributed by atoms with van der Waals surface area (Å²) in [7, 11) is 3.83. The SMILES string of the molecule is CCCCNC(N)=NCc1ccc(CN(C)C)c(F)c1. The van der Waals surface area contributed by atoms with Gasteiger partial charge in [-0.15, -0.1) is 0 Å². The Morgan fingerprint density at radius 1 is 1.40 bits per heavy atom. The Bertz CT molecular complexity index is 443. The van der Waals surface area contributed by atoms with Gasteiger partial charge in [0, 0.05) is 18.7 Å². The molecule has 4 nitrogen and oxygen atoms in total. The standard InChI is InChI=1S/C15H25FN4/c1-4-5-8-18-15(17)19-10-12-6-7-13(11-20(2)3)14(16)9-12/h6-7,9H,4-5,8,10-11H2,1-3H3,(H3,17,18,19). The molecule has 0 aliphatic carbocycles. The predicted molar refractivity (Wildman–Crippen MR) is 82.0 cm³/mol. The number of halogens is 1. The summed E-state index contributed by atoms with van der Waals surface area (Å²) in [6.07, 6.45) is 2.17. The van der Waals surface area contributed by atoms with Gasteiger partial charge in [-0.1, -0.05) is 25.5 Å². The topological polar surface area (TPSA) is 53.6 Å². The fourth-order valence-electron chi connectivity index (χ4n) is 1.78. The lowest BCUT2D eigenvalue weighted by atomic mass is 10.1. The third-order valence-electron chi connectivity index (χ3n) is 2.87. The maximum absolute atomic E-state index is 13.9. The van der Waals surface area contributed by atoms with Crippen LogP contribution >= 0.6 is 0 Å². The van der Waals surface area contributed by atoms with E-state index in [-0.39, 0.29) is 5.82 Å². The van der Waals surface area contributed by atoms with Gasteiger partial charge >= 0.3 is 0 Å². The highest BCUT2D eigenvalue weighted by molar-refractivity contribution is 5.77. The molecule has 0 atom stereocenters. The first-order valence-corrected chi connectivity index (χ1v) is 6.98. The summed E-state index contributed by atoms with van der Waals surface area (Å²) in [4.78, 5) is 6.14. The van der Waals surface area contributed by atoms with Gasteiger partial charge in [0.15, 0.2) is 5.96 Å². The van der Waals surface area contributed by atoms with Crippen molar-refractivity contribution in [3.05, 3.63) is 35.1 Å². The van der Waals surface area contributed by atoms with Crippen molar-refractivity contribution in [1.82, 2.24) is 10.2 Å². The zero-order valence-electron chi connectivity index (χ0n) is 12.6. The van der Waals surface area contributed by atoms with Gasteiger partial charge in [-0.2, -0.15) is 0 Å². The number of rotatable bonds is 7. The molecule has 1 aromatic carbocycles. The average molecular weight is 280 g/mol. The molecule has 0 unspecified atom stereocenters. The van der Waals surface area contributed by atoms with Crippen molar-refractivity contribution in [2.24, 2.45) is 10.7 Å². The van der Waals surface area contributed by atoms with Crippen LogP contribution in [-0.4, -0.2) is 31.5 Å². The molecule has 112 valence electrons. The lowest BCUT2D eigenvalue weighted by Gasteiger charge is -2.11. The molecule has 0 amide bonds. The molecular weight excluding hydrogens is 255 g/mol. The first-order chi connectivity index (χ1) is 9.52. The maximum Gasteiger partial charge on any atom is 0.188 e. The molecule has 20 heavy (non-hydrogen) atoms. The maximum atomic E-state index is 13.9. The molecule has 0 spiro atoms. The van der Waals surface area contributed by atoms with Gasteiger partial charge in [0.2, 0.25) is 0 Å². The van der Waals surface area contributed by atoms with Gasteiger partial charge in [0.05, 0.1) is 6.54 Å². The normalized spacial score (nSPS) is 11.9. The van der Waals surface area contributed by atoms with E-state index in [4.69, 9.17) is 5.73 Å². The summed E-state index contributed by atoms with van der Waals surface area (Å²) in [6.45, 7) is 3.93. The Morgan fingerprint density at radius 2 is 2.15 bits per heavy atom. The van der Waals surface area contributed by atoms with Gasteiger partial charge in [-0.3, -0.25) is 0 Å². The van der Waals surface area contributed by atoms with Gasteiger partial charge < -0.3 is 16.0 Å². The number of hydrogen-bond acceptors (Lipinski definition) is 2. The fraction of sp³-hybridized carbons (Fsp3) is 0.533. The highest BCUT2D eigenvalue weighted by Gasteiger charge is 2.04. The molecule has 0 aliphatic rings. The molecule has 3 N–H and O–H groups in total. The van der Waals surface area contributed by atoms with Crippen LogP contribution in [0.5, 0.6) is 0 Å². The Morgan fingerprint density at radius 3 is 2.75 bits per heavy atom. The number of nitrogens with one attached hydrogen (secondary N) is 1. The number of nitrogens with zero attached hydrogens (tertiary/aromatic N) is 2. The van der Waals surface area contributed by atoms with Crippen LogP contribution in [0.1, 0.15) is 30.9 Å². The number of nitrogens with two attached hydrogens (primary N) is 1. The van der Waals surface area contributed by atoms with Crippen LogP contribution in [-0.2, 0) is 13.1 Å².